The Bertz CT molecular complexity index is 942. The van der Waals surface area contributed by atoms with Gasteiger partial charge in [0.2, 0.25) is 11.8 Å². The molecule has 2 amide bonds. The molecule has 2 aliphatic rings. The lowest BCUT2D eigenvalue weighted by atomic mass is 9.94. The van der Waals surface area contributed by atoms with E-state index in [1.807, 2.05) is 50.3 Å². The number of carbonyl (C=O) groups is 4. The van der Waals surface area contributed by atoms with Gasteiger partial charge in [-0.15, -0.1) is 0 Å². The number of cyclic esters (lactones) is 1. The molecule has 0 unspecified atom stereocenters. The van der Waals surface area contributed by atoms with Crippen LogP contribution in [0.3, 0.4) is 0 Å². The van der Waals surface area contributed by atoms with Crippen LogP contribution in [0.25, 0.3) is 0 Å². The van der Waals surface area contributed by atoms with Gasteiger partial charge in [-0.1, -0.05) is 43.3 Å². The first-order valence-corrected chi connectivity index (χ1v) is 12.2. The molecule has 1 aromatic rings. The van der Waals surface area contributed by atoms with Crippen molar-refractivity contribution >= 4 is 23.6 Å². The van der Waals surface area contributed by atoms with Gasteiger partial charge < -0.3 is 15.0 Å². The topological polar surface area (TPSA) is 92.8 Å². The standard InChI is InChI=1S/C27H36N2O5/c1-17-12-13-19(3)34-27(33)23-11-8-14-29(23)26(32)22(16-21-9-6-5-7-10-21)28-25(31)20(4)24(30)18(2)15-17/h5-7,9-10,15,17,19-20,22-23H,8,11-14,16H2,1-4H3,(H,28,31)/b18-15-/t17-,19-,20+,22+,23+/m1/s1. The van der Waals surface area contributed by atoms with Gasteiger partial charge in [-0.05, 0) is 63.5 Å². The van der Waals surface area contributed by atoms with Crippen LogP contribution in [0.5, 0.6) is 0 Å². The van der Waals surface area contributed by atoms with Crippen LogP contribution in [0.4, 0.5) is 0 Å². The lowest BCUT2D eigenvalue weighted by Gasteiger charge is -2.30. The van der Waals surface area contributed by atoms with Crippen molar-refractivity contribution in [3.63, 3.8) is 0 Å². The number of ketones is 1. The van der Waals surface area contributed by atoms with E-state index in [-0.39, 0.29) is 30.1 Å². The van der Waals surface area contributed by atoms with E-state index in [9.17, 15) is 19.2 Å². The lowest BCUT2D eigenvalue weighted by Crippen LogP contribution is -2.54. The third kappa shape index (κ3) is 6.33. The number of nitrogens with one attached hydrogen (secondary N) is 1. The molecule has 3 rings (SSSR count). The van der Waals surface area contributed by atoms with Crippen molar-refractivity contribution in [3.8, 4) is 0 Å². The van der Waals surface area contributed by atoms with Gasteiger partial charge in [0, 0.05) is 13.0 Å². The summed E-state index contributed by atoms with van der Waals surface area (Å²) < 4.78 is 5.69. The molecular formula is C27H36N2O5. The van der Waals surface area contributed by atoms with Crippen LogP contribution in [0.15, 0.2) is 42.0 Å². The van der Waals surface area contributed by atoms with Gasteiger partial charge in [-0.25, -0.2) is 4.79 Å². The summed E-state index contributed by atoms with van der Waals surface area (Å²) in [5.41, 5.74) is 1.41. The molecule has 0 saturated carbocycles. The Labute approximate surface area is 201 Å². The maximum Gasteiger partial charge on any atom is 0.329 e. The number of hydrogen-bond donors (Lipinski definition) is 1. The van der Waals surface area contributed by atoms with Crippen molar-refractivity contribution in [3.05, 3.63) is 47.5 Å². The maximum absolute atomic E-state index is 13.6. The molecule has 0 aliphatic carbocycles. The second kappa shape index (κ2) is 11.4. The molecule has 2 aliphatic heterocycles. The van der Waals surface area contributed by atoms with E-state index in [0.717, 1.165) is 12.0 Å². The molecule has 184 valence electrons. The summed E-state index contributed by atoms with van der Waals surface area (Å²) in [4.78, 5) is 54.1. The number of carbonyl (C=O) groups excluding carboxylic acids is 4. The number of fused-ring (bicyclic) bond motifs is 1. The average Bonchev–Trinajstić information content (AvgIpc) is 3.31. The summed E-state index contributed by atoms with van der Waals surface area (Å²) in [6, 6.07) is 7.86. The maximum atomic E-state index is 13.6. The van der Waals surface area contributed by atoms with Crippen LogP contribution in [0.1, 0.15) is 58.9 Å². The molecule has 7 heteroatoms. The highest BCUT2D eigenvalue weighted by molar-refractivity contribution is 6.09. The average molecular weight is 469 g/mol. The van der Waals surface area contributed by atoms with Crippen molar-refractivity contribution in [2.24, 2.45) is 11.8 Å². The minimum atomic E-state index is -0.916. The number of ether oxygens (including phenoxy) is 1. The molecule has 5 atom stereocenters. The molecule has 0 aromatic heterocycles. The van der Waals surface area contributed by atoms with Crippen LogP contribution in [-0.2, 0) is 30.3 Å². The summed E-state index contributed by atoms with van der Waals surface area (Å²) in [5, 5.41) is 2.81. The minimum absolute atomic E-state index is 0.101. The largest absolute Gasteiger partial charge is 0.461 e. The third-order valence-electron chi connectivity index (χ3n) is 6.76. The Balaban J connectivity index is 1.93. The van der Waals surface area contributed by atoms with Crippen molar-refractivity contribution in [1.82, 2.24) is 10.2 Å². The normalized spacial score (nSPS) is 31.4. The fourth-order valence-corrected chi connectivity index (χ4v) is 4.71. The predicted molar refractivity (Wildman–Crippen MR) is 129 cm³/mol. The van der Waals surface area contributed by atoms with Crippen molar-refractivity contribution < 1.29 is 23.9 Å². The fourth-order valence-electron chi connectivity index (χ4n) is 4.71. The molecule has 0 spiro atoms. The van der Waals surface area contributed by atoms with E-state index in [1.165, 1.54) is 4.90 Å². The van der Waals surface area contributed by atoms with E-state index in [0.29, 0.717) is 31.4 Å². The Hall–Kier alpha value is -2.96. The number of nitrogens with zero attached hydrogens (tertiary/aromatic N) is 1. The number of esters is 1. The number of allylic oxidation sites excluding steroid dienone is 2. The zero-order chi connectivity index (χ0) is 24.8. The molecule has 7 nitrogen and oxygen atoms in total. The van der Waals surface area contributed by atoms with Crippen molar-refractivity contribution in [2.45, 2.75) is 78.0 Å². The third-order valence-corrected chi connectivity index (χ3v) is 6.76. The lowest BCUT2D eigenvalue weighted by molar-refractivity contribution is -0.158. The zero-order valence-corrected chi connectivity index (χ0v) is 20.6. The summed E-state index contributed by atoms with van der Waals surface area (Å²) in [5.74, 6) is -2.26. The van der Waals surface area contributed by atoms with Crippen LogP contribution in [0, 0.1) is 11.8 Å². The fraction of sp³-hybridized carbons (Fsp3) is 0.556. The van der Waals surface area contributed by atoms with Crippen LogP contribution >= 0.6 is 0 Å². The molecule has 1 saturated heterocycles. The summed E-state index contributed by atoms with van der Waals surface area (Å²) in [6.45, 7) is 7.59. The molecular weight excluding hydrogens is 432 g/mol. The highest BCUT2D eigenvalue weighted by Gasteiger charge is 2.39. The van der Waals surface area contributed by atoms with Crippen LogP contribution in [-0.4, -0.2) is 53.2 Å². The van der Waals surface area contributed by atoms with E-state index in [4.69, 9.17) is 4.74 Å². The quantitative estimate of drug-likeness (QED) is 0.531. The van der Waals surface area contributed by atoms with Gasteiger partial charge in [-0.2, -0.15) is 0 Å². The van der Waals surface area contributed by atoms with Gasteiger partial charge in [0.05, 0.1) is 12.0 Å². The summed E-state index contributed by atoms with van der Waals surface area (Å²) in [7, 11) is 0. The molecule has 0 bridgehead atoms. The first kappa shape index (κ1) is 25.7. The second-order valence-corrected chi connectivity index (χ2v) is 9.68. The summed E-state index contributed by atoms with van der Waals surface area (Å²) in [6.07, 6.45) is 4.48. The van der Waals surface area contributed by atoms with Crippen molar-refractivity contribution in [2.75, 3.05) is 6.54 Å². The monoisotopic (exact) mass is 468 g/mol. The molecule has 1 aromatic carbocycles. The minimum Gasteiger partial charge on any atom is -0.461 e. The first-order chi connectivity index (χ1) is 16.2. The number of Topliss-reactive ketones (excluding diaryl/α,β-unsaturated/α-hetero) is 1. The summed E-state index contributed by atoms with van der Waals surface area (Å²) >= 11 is 0. The highest BCUT2D eigenvalue weighted by Crippen LogP contribution is 2.23. The second-order valence-electron chi connectivity index (χ2n) is 9.68. The van der Waals surface area contributed by atoms with Gasteiger partial charge in [0.1, 0.15) is 12.1 Å². The number of rotatable bonds is 2. The number of benzene rings is 1. The van der Waals surface area contributed by atoms with Crippen LogP contribution in [0.2, 0.25) is 0 Å². The van der Waals surface area contributed by atoms with Crippen LogP contribution < -0.4 is 5.32 Å². The highest BCUT2D eigenvalue weighted by atomic mass is 16.5. The van der Waals surface area contributed by atoms with Gasteiger partial charge in [0.25, 0.3) is 0 Å². The Morgan fingerprint density at radius 2 is 1.71 bits per heavy atom. The zero-order valence-electron chi connectivity index (χ0n) is 20.6. The van der Waals surface area contributed by atoms with E-state index in [1.54, 1.807) is 13.8 Å². The molecule has 1 fully saturated rings. The SMILES string of the molecule is C/C1=C/[C@H](C)CC[C@@H](C)OC(=O)[C@@H]2CCCN2C(=O)[C@H](Cc2ccccc2)NC(=O)[C@@H](C)C1=O. The Morgan fingerprint density at radius 1 is 1.00 bits per heavy atom. The van der Waals surface area contributed by atoms with Gasteiger partial charge >= 0.3 is 5.97 Å². The Morgan fingerprint density at radius 3 is 2.41 bits per heavy atom. The van der Waals surface area contributed by atoms with Crippen molar-refractivity contribution in [1.29, 1.82) is 0 Å². The Kier molecular flexibility index (Phi) is 8.64. The number of hydrogen-bond acceptors (Lipinski definition) is 5. The van der Waals surface area contributed by atoms with Gasteiger partial charge in [0.15, 0.2) is 5.78 Å². The molecule has 2 heterocycles. The van der Waals surface area contributed by atoms with E-state index in [2.05, 4.69) is 5.32 Å². The first-order valence-electron chi connectivity index (χ1n) is 12.2. The van der Waals surface area contributed by atoms with E-state index >= 15 is 0 Å². The molecule has 0 radical (unpaired) electrons. The molecule has 1 N–H and O–H groups in total. The van der Waals surface area contributed by atoms with Gasteiger partial charge in [-0.3, -0.25) is 14.4 Å². The van der Waals surface area contributed by atoms with E-state index < -0.39 is 29.9 Å². The number of amides is 2. The molecule has 34 heavy (non-hydrogen) atoms. The predicted octanol–water partition coefficient (Wildman–Crippen LogP) is 3.22. The smallest absolute Gasteiger partial charge is 0.329 e.